The molecular formula is C9H9N3O. The van der Waals surface area contributed by atoms with Crippen molar-refractivity contribution in [2.24, 2.45) is 5.92 Å². The molecule has 0 radical (unpaired) electrons. The topological polar surface area (TPSA) is 58.8 Å². The van der Waals surface area contributed by atoms with Gasteiger partial charge in [-0.15, -0.1) is 0 Å². The predicted octanol–water partition coefficient (Wildman–Crippen LogP) is 1.08. The fourth-order valence-electron chi connectivity index (χ4n) is 1.48. The molecule has 0 amide bonds. The van der Waals surface area contributed by atoms with Gasteiger partial charge in [-0.2, -0.15) is 5.26 Å². The summed E-state index contributed by atoms with van der Waals surface area (Å²) in [6.07, 6.45) is 3.78. The van der Waals surface area contributed by atoms with Gasteiger partial charge >= 0.3 is 0 Å². The summed E-state index contributed by atoms with van der Waals surface area (Å²) in [5.74, 6) is -0.0603. The SMILES string of the molecule is N#CC1CCOC1c1ccncn1. The highest BCUT2D eigenvalue weighted by atomic mass is 16.5. The number of rotatable bonds is 1. The first-order valence-electron chi connectivity index (χ1n) is 4.19. The molecule has 2 unspecified atom stereocenters. The van der Waals surface area contributed by atoms with Crippen molar-refractivity contribution in [2.45, 2.75) is 12.5 Å². The summed E-state index contributed by atoms with van der Waals surface area (Å²) < 4.78 is 5.43. The second kappa shape index (κ2) is 3.50. The van der Waals surface area contributed by atoms with Crippen LogP contribution in [0.15, 0.2) is 18.6 Å². The van der Waals surface area contributed by atoms with E-state index in [9.17, 15) is 0 Å². The lowest BCUT2D eigenvalue weighted by Crippen LogP contribution is -2.07. The van der Waals surface area contributed by atoms with Gasteiger partial charge in [0.1, 0.15) is 12.4 Å². The van der Waals surface area contributed by atoms with Crippen LogP contribution in [0.2, 0.25) is 0 Å². The summed E-state index contributed by atoms with van der Waals surface area (Å²) in [6.45, 7) is 0.646. The third-order valence-corrected chi connectivity index (χ3v) is 2.15. The maximum absolute atomic E-state index is 8.82. The monoisotopic (exact) mass is 175 g/mol. The molecule has 2 rings (SSSR count). The van der Waals surface area contributed by atoms with E-state index >= 15 is 0 Å². The lowest BCUT2D eigenvalue weighted by Gasteiger charge is -2.10. The number of nitriles is 1. The second-order valence-electron chi connectivity index (χ2n) is 2.95. The van der Waals surface area contributed by atoms with Gasteiger partial charge in [0.2, 0.25) is 0 Å². The highest BCUT2D eigenvalue weighted by molar-refractivity contribution is 5.09. The van der Waals surface area contributed by atoms with Crippen LogP contribution < -0.4 is 0 Å². The Labute approximate surface area is 76.2 Å². The van der Waals surface area contributed by atoms with E-state index in [0.717, 1.165) is 12.1 Å². The summed E-state index contributed by atoms with van der Waals surface area (Å²) in [6, 6.07) is 4.02. The summed E-state index contributed by atoms with van der Waals surface area (Å²) in [5, 5.41) is 8.82. The molecule has 0 aliphatic carbocycles. The van der Waals surface area contributed by atoms with Crippen LogP contribution >= 0.6 is 0 Å². The molecule has 66 valence electrons. The van der Waals surface area contributed by atoms with Gasteiger partial charge in [0, 0.05) is 12.8 Å². The molecule has 4 heteroatoms. The molecule has 1 aromatic rings. The molecule has 1 aliphatic heterocycles. The third kappa shape index (κ3) is 1.51. The van der Waals surface area contributed by atoms with Crippen molar-refractivity contribution in [1.82, 2.24) is 9.97 Å². The predicted molar refractivity (Wildman–Crippen MR) is 44.4 cm³/mol. The number of nitrogens with zero attached hydrogens (tertiary/aromatic N) is 3. The van der Waals surface area contributed by atoms with E-state index in [-0.39, 0.29) is 12.0 Å². The molecule has 1 aliphatic rings. The fourth-order valence-corrected chi connectivity index (χ4v) is 1.48. The Hall–Kier alpha value is -1.47. The molecule has 0 aromatic carbocycles. The van der Waals surface area contributed by atoms with Crippen molar-refractivity contribution in [3.8, 4) is 6.07 Å². The summed E-state index contributed by atoms with van der Waals surface area (Å²) in [4.78, 5) is 7.89. The number of hydrogen-bond donors (Lipinski definition) is 0. The van der Waals surface area contributed by atoms with Crippen LogP contribution in [0.5, 0.6) is 0 Å². The smallest absolute Gasteiger partial charge is 0.115 e. The van der Waals surface area contributed by atoms with E-state index in [1.165, 1.54) is 6.33 Å². The van der Waals surface area contributed by atoms with Gasteiger partial charge < -0.3 is 4.74 Å². The van der Waals surface area contributed by atoms with Crippen LogP contribution in [0, 0.1) is 17.2 Å². The first-order chi connectivity index (χ1) is 6.42. The normalized spacial score (nSPS) is 27.0. The van der Waals surface area contributed by atoms with Gasteiger partial charge in [-0.1, -0.05) is 0 Å². The molecule has 0 saturated carbocycles. The standard InChI is InChI=1S/C9H9N3O/c10-5-7-2-4-13-9(7)8-1-3-11-6-12-8/h1,3,6-7,9H,2,4H2. The number of ether oxygens (including phenoxy) is 1. The van der Waals surface area contributed by atoms with Crippen LogP contribution in [-0.4, -0.2) is 16.6 Å². The molecule has 4 nitrogen and oxygen atoms in total. The number of aromatic nitrogens is 2. The van der Waals surface area contributed by atoms with Crippen LogP contribution in [0.3, 0.4) is 0 Å². The minimum Gasteiger partial charge on any atom is -0.370 e. The molecule has 0 N–H and O–H groups in total. The Morgan fingerprint density at radius 1 is 1.62 bits per heavy atom. The molecule has 1 saturated heterocycles. The van der Waals surface area contributed by atoms with Crippen LogP contribution in [0.1, 0.15) is 18.2 Å². The van der Waals surface area contributed by atoms with E-state index in [2.05, 4.69) is 16.0 Å². The van der Waals surface area contributed by atoms with Crippen molar-refractivity contribution < 1.29 is 4.74 Å². The van der Waals surface area contributed by atoms with E-state index in [1.807, 2.05) is 0 Å². The first-order valence-corrected chi connectivity index (χ1v) is 4.19. The zero-order chi connectivity index (χ0) is 9.10. The van der Waals surface area contributed by atoms with Crippen LogP contribution in [0.4, 0.5) is 0 Å². The van der Waals surface area contributed by atoms with Gasteiger partial charge in [-0.3, -0.25) is 0 Å². The number of hydrogen-bond acceptors (Lipinski definition) is 4. The zero-order valence-electron chi connectivity index (χ0n) is 7.05. The average Bonchev–Trinajstić information content (AvgIpc) is 2.67. The van der Waals surface area contributed by atoms with Crippen molar-refractivity contribution in [1.29, 1.82) is 5.26 Å². The molecule has 2 atom stereocenters. The van der Waals surface area contributed by atoms with Gasteiger partial charge in [0.05, 0.1) is 17.7 Å². The molecule has 0 bridgehead atoms. The largest absolute Gasteiger partial charge is 0.370 e. The van der Waals surface area contributed by atoms with Crippen molar-refractivity contribution >= 4 is 0 Å². The maximum Gasteiger partial charge on any atom is 0.115 e. The van der Waals surface area contributed by atoms with Gasteiger partial charge in [0.25, 0.3) is 0 Å². The molecular weight excluding hydrogens is 166 g/mol. The quantitative estimate of drug-likeness (QED) is 0.640. The van der Waals surface area contributed by atoms with Gasteiger partial charge in [0.15, 0.2) is 0 Å². The Kier molecular flexibility index (Phi) is 2.19. The van der Waals surface area contributed by atoms with Gasteiger partial charge in [-0.05, 0) is 12.5 Å². The van der Waals surface area contributed by atoms with Crippen LogP contribution in [0.25, 0.3) is 0 Å². The maximum atomic E-state index is 8.82. The van der Waals surface area contributed by atoms with Crippen molar-refractivity contribution in [2.75, 3.05) is 6.61 Å². The summed E-state index contributed by atoms with van der Waals surface area (Å²) in [5.41, 5.74) is 0.805. The molecule has 0 spiro atoms. The lowest BCUT2D eigenvalue weighted by molar-refractivity contribution is 0.0972. The molecule has 13 heavy (non-hydrogen) atoms. The average molecular weight is 175 g/mol. The second-order valence-corrected chi connectivity index (χ2v) is 2.95. The van der Waals surface area contributed by atoms with Gasteiger partial charge in [-0.25, -0.2) is 9.97 Å². The molecule has 1 aromatic heterocycles. The zero-order valence-corrected chi connectivity index (χ0v) is 7.05. The molecule has 2 heterocycles. The highest BCUT2D eigenvalue weighted by Gasteiger charge is 2.30. The van der Waals surface area contributed by atoms with E-state index in [4.69, 9.17) is 10.00 Å². The Bertz CT molecular complexity index is 319. The Morgan fingerprint density at radius 2 is 2.54 bits per heavy atom. The molecule has 1 fully saturated rings. The third-order valence-electron chi connectivity index (χ3n) is 2.15. The Morgan fingerprint density at radius 3 is 3.23 bits per heavy atom. The summed E-state index contributed by atoms with van der Waals surface area (Å²) in [7, 11) is 0. The first kappa shape index (κ1) is 8.14. The highest BCUT2D eigenvalue weighted by Crippen LogP contribution is 2.32. The minimum atomic E-state index is -0.159. The van der Waals surface area contributed by atoms with E-state index < -0.39 is 0 Å². The van der Waals surface area contributed by atoms with Crippen molar-refractivity contribution in [3.05, 3.63) is 24.3 Å². The fraction of sp³-hybridized carbons (Fsp3) is 0.444. The lowest BCUT2D eigenvalue weighted by atomic mass is 10.0. The van der Waals surface area contributed by atoms with Crippen LogP contribution in [-0.2, 0) is 4.74 Å². The summed E-state index contributed by atoms with van der Waals surface area (Å²) >= 11 is 0. The Balaban J connectivity index is 2.22. The van der Waals surface area contributed by atoms with E-state index in [1.54, 1.807) is 12.3 Å². The van der Waals surface area contributed by atoms with Crippen molar-refractivity contribution in [3.63, 3.8) is 0 Å². The van der Waals surface area contributed by atoms with E-state index in [0.29, 0.717) is 6.61 Å². The minimum absolute atomic E-state index is 0.0603.